The van der Waals surface area contributed by atoms with Crippen LogP contribution in [0, 0.1) is 0 Å². The summed E-state index contributed by atoms with van der Waals surface area (Å²) in [4.78, 5) is 13.7. The van der Waals surface area contributed by atoms with Crippen LogP contribution in [0.4, 0.5) is 13.2 Å². The molecule has 1 aliphatic heterocycles. The lowest BCUT2D eigenvalue weighted by Crippen LogP contribution is -2.42. The number of amides is 1. The third kappa shape index (κ3) is 4.68. The number of carbonyl (C=O) groups is 1. The SMILES string of the molecule is COCCCC(=O)N1CCO[C@H](c2ccccc2C(F)(F)F)C1. The number of carbonyl (C=O) groups excluding carboxylic acids is 1. The van der Waals surface area contributed by atoms with E-state index in [0.29, 0.717) is 26.0 Å². The van der Waals surface area contributed by atoms with Crippen LogP contribution in [0.15, 0.2) is 24.3 Å². The van der Waals surface area contributed by atoms with Crippen LogP contribution in [0.3, 0.4) is 0 Å². The highest BCUT2D eigenvalue weighted by Gasteiger charge is 2.36. The normalized spacial score (nSPS) is 19.0. The molecule has 0 N–H and O–H groups in total. The minimum Gasteiger partial charge on any atom is -0.385 e. The monoisotopic (exact) mass is 331 g/mol. The molecule has 1 heterocycles. The van der Waals surface area contributed by atoms with E-state index in [-0.39, 0.29) is 24.6 Å². The molecular formula is C16H20F3NO3. The van der Waals surface area contributed by atoms with Crippen molar-refractivity contribution in [3.05, 3.63) is 35.4 Å². The maximum Gasteiger partial charge on any atom is 0.416 e. The van der Waals surface area contributed by atoms with Crippen LogP contribution in [0.2, 0.25) is 0 Å². The Balaban J connectivity index is 2.08. The molecule has 1 aromatic carbocycles. The second-order valence-corrected chi connectivity index (χ2v) is 5.38. The van der Waals surface area contributed by atoms with Crippen molar-refractivity contribution in [2.75, 3.05) is 33.4 Å². The first kappa shape index (κ1) is 17.7. The molecule has 128 valence electrons. The predicted octanol–water partition coefficient (Wildman–Crippen LogP) is 3.03. The van der Waals surface area contributed by atoms with Crippen molar-refractivity contribution in [1.29, 1.82) is 0 Å². The van der Waals surface area contributed by atoms with Gasteiger partial charge in [0.2, 0.25) is 5.91 Å². The Kier molecular flexibility index (Phi) is 6.01. The topological polar surface area (TPSA) is 38.8 Å². The molecule has 7 heteroatoms. The van der Waals surface area contributed by atoms with Crippen LogP contribution < -0.4 is 0 Å². The van der Waals surface area contributed by atoms with Gasteiger partial charge < -0.3 is 14.4 Å². The highest BCUT2D eigenvalue weighted by Crippen LogP contribution is 2.36. The number of morpholine rings is 1. The summed E-state index contributed by atoms with van der Waals surface area (Å²) in [5.41, 5.74) is -0.631. The second kappa shape index (κ2) is 7.79. The minimum absolute atomic E-state index is 0.0781. The Labute approximate surface area is 133 Å². The molecule has 0 saturated carbocycles. The number of hydrogen-bond donors (Lipinski definition) is 0. The molecule has 0 bridgehead atoms. The lowest BCUT2D eigenvalue weighted by atomic mass is 10.0. The van der Waals surface area contributed by atoms with E-state index >= 15 is 0 Å². The summed E-state index contributed by atoms with van der Waals surface area (Å²) < 4.78 is 49.7. The number of hydrogen-bond acceptors (Lipinski definition) is 3. The van der Waals surface area contributed by atoms with Crippen molar-refractivity contribution < 1.29 is 27.4 Å². The van der Waals surface area contributed by atoms with Gasteiger partial charge in [-0.1, -0.05) is 18.2 Å². The van der Waals surface area contributed by atoms with Gasteiger partial charge in [-0.15, -0.1) is 0 Å². The van der Waals surface area contributed by atoms with Gasteiger partial charge in [-0.3, -0.25) is 4.79 Å². The fourth-order valence-corrected chi connectivity index (χ4v) is 2.63. The lowest BCUT2D eigenvalue weighted by Gasteiger charge is -2.34. The van der Waals surface area contributed by atoms with E-state index < -0.39 is 17.8 Å². The molecule has 1 fully saturated rings. The van der Waals surface area contributed by atoms with E-state index in [2.05, 4.69) is 0 Å². The van der Waals surface area contributed by atoms with Gasteiger partial charge in [0.25, 0.3) is 0 Å². The number of methoxy groups -OCH3 is 1. The summed E-state index contributed by atoms with van der Waals surface area (Å²) in [6, 6.07) is 5.35. The average molecular weight is 331 g/mol. The van der Waals surface area contributed by atoms with Crippen molar-refractivity contribution in [3.8, 4) is 0 Å². The summed E-state index contributed by atoms with van der Waals surface area (Å²) in [5, 5.41) is 0. The van der Waals surface area contributed by atoms with E-state index in [1.165, 1.54) is 12.1 Å². The first-order valence-electron chi connectivity index (χ1n) is 7.48. The molecule has 1 atom stereocenters. The highest BCUT2D eigenvalue weighted by molar-refractivity contribution is 5.76. The van der Waals surface area contributed by atoms with E-state index in [9.17, 15) is 18.0 Å². The molecule has 4 nitrogen and oxygen atoms in total. The maximum atomic E-state index is 13.1. The number of benzene rings is 1. The van der Waals surface area contributed by atoms with Gasteiger partial charge in [-0.25, -0.2) is 0 Å². The van der Waals surface area contributed by atoms with Gasteiger partial charge in [0.05, 0.1) is 18.7 Å². The van der Waals surface area contributed by atoms with Crippen LogP contribution in [-0.2, 0) is 20.4 Å². The fraction of sp³-hybridized carbons (Fsp3) is 0.562. The van der Waals surface area contributed by atoms with Crippen LogP contribution in [-0.4, -0.2) is 44.2 Å². The largest absolute Gasteiger partial charge is 0.416 e. The zero-order valence-electron chi connectivity index (χ0n) is 12.9. The van der Waals surface area contributed by atoms with Crippen LogP contribution in [0.1, 0.15) is 30.1 Å². The Morgan fingerprint density at radius 1 is 1.39 bits per heavy atom. The van der Waals surface area contributed by atoms with E-state index in [1.54, 1.807) is 18.1 Å². The molecule has 1 aromatic rings. The molecule has 0 spiro atoms. The molecule has 0 aliphatic carbocycles. The van der Waals surface area contributed by atoms with Gasteiger partial charge in [-0.2, -0.15) is 13.2 Å². The van der Waals surface area contributed by atoms with Crippen LogP contribution in [0.5, 0.6) is 0 Å². The quantitative estimate of drug-likeness (QED) is 0.779. The van der Waals surface area contributed by atoms with Gasteiger partial charge >= 0.3 is 6.18 Å². The molecule has 2 rings (SSSR count). The summed E-state index contributed by atoms with van der Waals surface area (Å²) in [7, 11) is 1.56. The van der Waals surface area contributed by atoms with Crippen molar-refractivity contribution in [3.63, 3.8) is 0 Å². The smallest absolute Gasteiger partial charge is 0.385 e. The standard InChI is InChI=1S/C16H20F3NO3/c1-22-9-4-7-15(21)20-8-10-23-14(11-20)12-5-2-3-6-13(12)16(17,18)19/h2-3,5-6,14H,4,7-11H2,1H3/t14-/m0/s1. The maximum absolute atomic E-state index is 13.1. The van der Waals surface area contributed by atoms with E-state index in [0.717, 1.165) is 6.07 Å². The number of halogens is 3. The molecule has 23 heavy (non-hydrogen) atoms. The summed E-state index contributed by atoms with van der Waals surface area (Å²) in [6.07, 6.45) is -4.28. The lowest BCUT2D eigenvalue weighted by molar-refractivity contribution is -0.143. The van der Waals surface area contributed by atoms with Crippen LogP contribution in [0.25, 0.3) is 0 Å². The first-order valence-corrected chi connectivity index (χ1v) is 7.48. The molecule has 0 radical (unpaired) electrons. The van der Waals surface area contributed by atoms with Crippen molar-refractivity contribution in [2.24, 2.45) is 0 Å². The Morgan fingerprint density at radius 3 is 2.83 bits per heavy atom. The number of ether oxygens (including phenoxy) is 2. The van der Waals surface area contributed by atoms with Gasteiger partial charge in [0, 0.05) is 26.7 Å². The average Bonchev–Trinajstić information content (AvgIpc) is 2.54. The second-order valence-electron chi connectivity index (χ2n) is 5.38. The van der Waals surface area contributed by atoms with Crippen molar-refractivity contribution >= 4 is 5.91 Å². The zero-order valence-corrected chi connectivity index (χ0v) is 12.9. The number of nitrogens with zero attached hydrogens (tertiary/aromatic N) is 1. The molecule has 1 aliphatic rings. The molecule has 1 saturated heterocycles. The van der Waals surface area contributed by atoms with E-state index in [1.807, 2.05) is 0 Å². The fourth-order valence-electron chi connectivity index (χ4n) is 2.63. The first-order chi connectivity index (χ1) is 10.9. The van der Waals surface area contributed by atoms with Gasteiger partial charge in [0.15, 0.2) is 0 Å². The molecular weight excluding hydrogens is 311 g/mol. The predicted molar refractivity (Wildman–Crippen MR) is 77.8 cm³/mol. The minimum atomic E-state index is -4.44. The Hall–Kier alpha value is -1.60. The Morgan fingerprint density at radius 2 is 2.13 bits per heavy atom. The zero-order chi connectivity index (χ0) is 16.9. The van der Waals surface area contributed by atoms with Crippen LogP contribution >= 0.6 is 0 Å². The molecule has 1 amide bonds. The number of alkyl halides is 3. The van der Waals surface area contributed by atoms with Gasteiger partial charge in [0.1, 0.15) is 6.10 Å². The molecule has 0 aromatic heterocycles. The third-order valence-electron chi connectivity index (χ3n) is 3.77. The van der Waals surface area contributed by atoms with Gasteiger partial charge in [-0.05, 0) is 18.1 Å². The Bertz CT molecular complexity index is 534. The summed E-state index contributed by atoms with van der Waals surface area (Å²) in [6.45, 7) is 1.25. The highest BCUT2D eigenvalue weighted by atomic mass is 19.4. The third-order valence-corrected chi connectivity index (χ3v) is 3.77. The summed E-state index contributed by atoms with van der Waals surface area (Å²) >= 11 is 0. The molecule has 0 unspecified atom stereocenters. The number of rotatable bonds is 5. The van der Waals surface area contributed by atoms with Crippen molar-refractivity contribution in [2.45, 2.75) is 25.1 Å². The van der Waals surface area contributed by atoms with Crippen molar-refractivity contribution in [1.82, 2.24) is 4.90 Å². The summed E-state index contributed by atoms with van der Waals surface area (Å²) in [5.74, 6) is -0.0835. The van der Waals surface area contributed by atoms with E-state index in [4.69, 9.17) is 9.47 Å².